The summed E-state index contributed by atoms with van der Waals surface area (Å²) in [5.74, 6) is -1.72. The molecule has 0 unspecified atom stereocenters. The average molecular weight is 398 g/mol. The van der Waals surface area contributed by atoms with Crippen molar-refractivity contribution in [3.8, 4) is 11.5 Å². The van der Waals surface area contributed by atoms with Gasteiger partial charge in [-0.2, -0.15) is 8.75 Å². The molecule has 6 nitrogen and oxygen atoms in total. The van der Waals surface area contributed by atoms with Gasteiger partial charge in [-0.1, -0.05) is 12.1 Å². The molecule has 1 heterocycles. The Labute approximate surface area is 155 Å². The van der Waals surface area contributed by atoms with Crippen molar-refractivity contribution in [2.24, 2.45) is 0 Å². The number of halogens is 3. The summed E-state index contributed by atoms with van der Waals surface area (Å²) in [5, 5.41) is 10.4. The van der Waals surface area contributed by atoms with Crippen LogP contribution >= 0.6 is 11.7 Å². The number of hydrogen-bond donors (Lipinski definition) is 1. The first-order chi connectivity index (χ1) is 12.8. The molecule has 142 valence electrons. The number of aromatic nitrogens is 2. The first kappa shape index (κ1) is 18.9. The maximum atomic E-state index is 12.3. The molecule has 0 bridgehead atoms. The van der Waals surface area contributed by atoms with Crippen molar-refractivity contribution in [1.29, 1.82) is 0 Å². The van der Waals surface area contributed by atoms with Gasteiger partial charge in [-0.05, 0) is 29.8 Å². The smallest absolute Gasteiger partial charge is 0.508 e. The summed E-state index contributed by atoms with van der Waals surface area (Å²) >= 11 is 0.949. The van der Waals surface area contributed by atoms with Crippen LogP contribution in [-0.4, -0.2) is 33.3 Å². The highest BCUT2D eigenvalue weighted by Crippen LogP contribution is 2.39. The second-order valence-corrected chi connectivity index (χ2v) is 6.11. The van der Waals surface area contributed by atoms with Gasteiger partial charge in [0.2, 0.25) is 0 Å². The molecular formula is C17H13F3N2O4S. The summed E-state index contributed by atoms with van der Waals surface area (Å²) in [7, 11) is 1.23. The monoisotopic (exact) mass is 398 g/mol. The molecule has 0 radical (unpaired) electrons. The molecule has 0 aliphatic carbocycles. The van der Waals surface area contributed by atoms with Crippen molar-refractivity contribution >= 4 is 28.7 Å². The molecule has 3 aromatic rings. The quantitative estimate of drug-likeness (QED) is 0.655. The number of phenols is 1. The van der Waals surface area contributed by atoms with Crippen LogP contribution in [0.1, 0.15) is 23.5 Å². The van der Waals surface area contributed by atoms with Crippen molar-refractivity contribution in [3.05, 3.63) is 47.5 Å². The van der Waals surface area contributed by atoms with Crippen LogP contribution in [0.25, 0.3) is 11.0 Å². The molecule has 1 aromatic heterocycles. The van der Waals surface area contributed by atoms with Crippen molar-refractivity contribution in [2.45, 2.75) is 18.7 Å². The fraction of sp³-hybridized carbons (Fsp3) is 0.235. The van der Waals surface area contributed by atoms with Crippen LogP contribution in [0.15, 0.2) is 36.4 Å². The van der Waals surface area contributed by atoms with Crippen LogP contribution in [0.3, 0.4) is 0 Å². The van der Waals surface area contributed by atoms with Crippen molar-refractivity contribution in [3.63, 3.8) is 0 Å². The molecule has 1 atom stereocenters. The number of benzene rings is 2. The molecule has 0 aliphatic heterocycles. The number of alkyl halides is 3. The number of nitrogens with zero attached hydrogens (tertiary/aromatic N) is 2. The Morgan fingerprint density at radius 2 is 1.89 bits per heavy atom. The molecule has 1 N–H and O–H groups in total. The molecule has 0 aliphatic rings. The van der Waals surface area contributed by atoms with E-state index in [0.717, 1.165) is 23.9 Å². The van der Waals surface area contributed by atoms with Crippen LogP contribution in [0.2, 0.25) is 0 Å². The number of methoxy groups -OCH3 is 1. The van der Waals surface area contributed by atoms with Crippen LogP contribution in [0.4, 0.5) is 13.2 Å². The minimum atomic E-state index is -4.80. The number of phenolic OH excluding ortho intramolecular Hbond substituents is 1. The molecule has 0 amide bonds. The van der Waals surface area contributed by atoms with E-state index in [1.54, 1.807) is 6.07 Å². The van der Waals surface area contributed by atoms with Gasteiger partial charge in [-0.3, -0.25) is 4.79 Å². The topological polar surface area (TPSA) is 81.5 Å². The highest BCUT2D eigenvalue weighted by Gasteiger charge is 2.31. The highest BCUT2D eigenvalue weighted by molar-refractivity contribution is 7.00. The second kappa shape index (κ2) is 7.39. The minimum Gasteiger partial charge on any atom is -0.508 e. The third-order valence-electron chi connectivity index (χ3n) is 3.91. The maximum Gasteiger partial charge on any atom is 0.573 e. The summed E-state index contributed by atoms with van der Waals surface area (Å²) in [6.07, 6.45) is -4.94. The SMILES string of the molecule is COC(=O)C[C@H](c1ccc(OC(F)(F)F)cc1)c1c(O)ccc2nsnc12. The number of esters is 1. The molecule has 0 saturated carbocycles. The zero-order chi connectivity index (χ0) is 19.6. The van der Waals surface area contributed by atoms with Crippen LogP contribution in [0.5, 0.6) is 11.5 Å². The first-order valence-electron chi connectivity index (χ1n) is 7.65. The average Bonchev–Trinajstić information content (AvgIpc) is 3.08. The second-order valence-electron chi connectivity index (χ2n) is 5.58. The summed E-state index contributed by atoms with van der Waals surface area (Å²) in [6, 6.07) is 8.10. The van der Waals surface area contributed by atoms with Crippen LogP contribution in [0, 0.1) is 0 Å². The van der Waals surface area contributed by atoms with E-state index in [2.05, 4.69) is 13.5 Å². The van der Waals surface area contributed by atoms with Crippen LogP contribution in [-0.2, 0) is 9.53 Å². The van der Waals surface area contributed by atoms with E-state index in [0.29, 0.717) is 22.2 Å². The van der Waals surface area contributed by atoms with Gasteiger partial charge in [0.05, 0.1) is 25.3 Å². The molecule has 3 rings (SSSR count). The van der Waals surface area contributed by atoms with Gasteiger partial charge < -0.3 is 14.6 Å². The fourth-order valence-electron chi connectivity index (χ4n) is 2.74. The largest absolute Gasteiger partial charge is 0.573 e. The van der Waals surface area contributed by atoms with Gasteiger partial charge in [-0.25, -0.2) is 0 Å². The molecule has 0 fully saturated rings. The number of rotatable bonds is 5. The highest BCUT2D eigenvalue weighted by atomic mass is 32.1. The van der Waals surface area contributed by atoms with Gasteiger partial charge in [0.1, 0.15) is 22.5 Å². The maximum absolute atomic E-state index is 12.3. The Morgan fingerprint density at radius 1 is 1.19 bits per heavy atom. The number of aromatic hydroxyl groups is 1. The first-order valence-corrected chi connectivity index (χ1v) is 8.38. The van der Waals surface area contributed by atoms with E-state index < -0.39 is 18.2 Å². The lowest BCUT2D eigenvalue weighted by Gasteiger charge is -2.19. The Kier molecular flexibility index (Phi) is 5.17. The molecule has 0 spiro atoms. The molecule has 0 saturated heterocycles. The lowest BCUT2D eigenvalue weighted by atomic mass is 9.87. The molecular weight excluding hydrogens is 385 g/mol. The zero-order valence-corrected chi connectivity index (χ0v) is 14.7. The summed E-state index contributed by atoms with van der Waals surface area (Å²) in [6.45, 7) is 0. The van der Waals surface area contributed by atoms with Crippen LogP contribution < -0.4 is 4.74 Å². The number of carbonyl (C=O) groups is 1. The van der Waals surface area contributed by atoms with Gasteiger partial charge >= 0.3 is 12.3 Å². The Morgan fingerprint density at radius 3 is 2.52 bits per heavy atom. The third-order valence-corrected chi connectivity index (χ3v) is 4.45. The predicted octanol–water partition coefficient (Wildman–Crippen LogP) is 3.99. The molecule has 10 heteroatoms. The van der Waals surface area contributed by atoms with Crippen molar-refractivity contribution < 1.29 is 32.5 Å². The van der Waals surface area contributed by atoms with Gasteiger partial charge in [0.15, 0.2) is 0 Å². The normalized spacial score (nSPS) is 12.7. The van der Waals surface area contributed by atoms with E-state index >= 15 is 0 Å². The predicted molar refractivity (Wildman–Crippen MR) is 90.7 cm³/mol. The lowest BCUT2D eigenvalue weighted by Crippen LogP contribution is -2.17. The van der Waals surface area contributed by atoms with Crippen molar-refractivity contribution in [2.75, 3.05) is 7.11 Å². The number of fused-ring (bicyclic) bond motifs is 1. The van der Waals surface area contributed by atoms with Gasteiger partial charge in [-0.15, -0.1) is 13.2 Å². The fourth-order valence-corrected chi connectivity index (χ4v) is 3.29. The number of carbonyl (C=O) groups excluding carboxylic acids is 1. The zero-order valence-electron chi connectivity index (χ0n) is 13.9. The van der Waals surface area contributed by atoms with E-state index in [-0.39, 0.29) is 17.9 Å². The summed E-state index contributed by atoms with van der Waals surface area (Å²) in [4.78, 5) is 11.9. The number of hydrogen-bond acceptors (Lipinski definition) is 7. The van der Waals surface area contributed by atoms with E-state index in [4.69, 9.17) is 4.74 Å². The van der Waals surface area contributed by atoms with Gasteiger partial charge in [0, 0.05) is 11.5 Å². The van der Waals surface area contributed by atoms with Gasteiger partial charge in [0.25, 0.3) is 0 Å². The molecule has 27 heavy (non-hydrogen) atoms. The Bertz CT molecular complexity index is 957. The Hall–Kier alpha value is -2.88. The molecule has 2 aromatic carbocycles. The third kappa shape index (κ3) is 4.27. The standard InChI is InChI=1S/C17H13F3N2O4S/c1-25-14(24)8-11(9-2-4-10(5-3-9)26-17(18,19)20)15-13(23)7-6-12-16(15)22-27-21-12/h2-7,11,23H,8H2,1H3/t11-/m1/s1. The number of ether oxygens (including phenoxy) is 2. The summed E-state index contributed by atoms with van der Waals surface area (Å²) < 4.78 is 53.9. The Balaban J connectivity index is 2.05. The minimum absolute atomic E-state index is 0.0975. The van der Waals surface area contributed by atoms with E-state index in [1.807, 2.05) is 0 Å². The van der Waals surface area contributed by atoms with E-state index in [9.17, 15) is 23.1 Å². The van der Waals surface area contributed by atoms with E-state index in [1.165, 1.54) is 25.3 Å². The van der Waals surface area contributed by atoms with Crippen molar-refractivity contribution in [1.82, 2.24) is 8.75 Å². The lowest BCUT2D eigenvalue weighted by molar-refractivity contribution is -0.274. The summed E-state index contributed by atoms with van der Waals surface area (Å²) in [5.41, 5.74) is 1.81.